The molecule has 0 saturated carbocycles. The predicted octanol–water partition coefficient (Wildman–Crippen LogP) is 5.48. The van der Waals surface area contributed by atoms with Gasteiger partial charge < -0.3 is 0 Å². The Hall–Kier alpha value is -3.97. The lowest BCUT2D eigenvalue weighted by molar-refractivity contribution is 1.44. The highest BCUT2D eigenvalue weighted by Gasteiger charge is 2.46. The molecule has 0 atom stereocenters. The molecule has 4 aromatic rings. The molecule has 0 amide bonds. The highest BCUT2D eigenvalue weighted by atomic mass is 31.2. The van der Waals surface area contributed by atoms with Crippen LogP contribution in [0.25, 0.3) is 5.57 Å². The van der Waals surface area contributed by atoms with E-state index in [1.54, 1.807) is 0 Å². The van der Waals surface area contributed by atoms with Crippen molar-refractivity contribution in [2.45, 2.75) is 0 Å². The summed E-state index contributed by atoms with van der Waals surface area (Å²) in [6.07, 6.45) is 0.589. The Morgan fingerprint density at radius 1 is 0.531 bits per heavy atom. The summed E-state index contributed by atoms with van der Waals surface area (Å²) in [6.45, 7) is 0. The van der Waals surface area contributed by atoms with Crippen molar-refractivity contribution in [2.24, 2.45) is 0 Å². The molecule has 0 unspecified atom stereocenters. The van der Waals surface area contributed by atoms with Crippen LogP contribution in [0.2, 0.25) is 0 Å². The maximum atomic E-state index is 9.85. The van der Waals surface area contributed by atoms with Gasteiger partial charge in [0.2, 0.25) is 0 Å². The second-order valence-electron chi connectivity index (χ2n) is 7.42. The molecule has 4 rings (SSSR count). The molecule has 32 heavy (non-hydrogen) atoms. The summed E-state index contributed by atoms with van der Waals surface area (Å²) in [6, 6.07) is 45.7. The minimum Gasteiger partial charge on any atom is -0.192 e. The Labute approximate surface area is 190 Å². The monoisotopic (exact) mass is 429 g/mol. The van der Waals surface area contributed by atoms with Gasteiger partial charge in [0.05, 0.1) is 0 Å². The van der Waals surface area contributed by atoms with Gasteiger partial charge in [0, 0.05) is 5.57 Å². The Balaban J connectivity index is 2.07. The van der Waals surface area contributed by atoms with Crippen LogP contribution in [0.1, 0.15) is 5.56 Å². The lowest BCUT2D eigenvalue weighted by Gasteiger charge is -2.28. The number of hydrogen-bond donors (Lipinski definition) is 0. The standard InChI is InChI=1S/C29H22N2P/c30-21-25(22-31)29(24-13-5-1-6-14-24)23-32(26-15-7-2-8-16-26,27-17-9-3-10-18-27)28-19-11-4-12-20-28/h1-20H,23H2/q+1. The Morgan fingerprint density at radius 3 is 1.22 bits per heavy atom. The molecule has 0 aliphatic heterocycles. The van der Waals surface area contributed by atoms with Gasteiger partial charge in [-0.2, -0.15) is 10.5 Å². The molecule has 0 radical (unpaired) electrons. The molecule has 0 aromatic heterocycles. The fourth-order valence-corrected chi connectivity index (χ4v) is 8.42. The second-order valence-corrected chi connectivity index (χ2v) is 10.9. The zero-order valence-electron chi connectivity index (χ0n) is 17.6. The van der Waals surface area contributed by atoms with Crippen LogP contribution in [0.3, 0.4) is 0 Å². The van der Waals surface area contributed by atoms with Gasteiger partial charge in [-0.1, -0.05) is 84.9 Å². The topological polar surface area (TPSA) is 47.6 Å². The predicted molar refractivity (Wildman–Crippen MR) is 135 cm³/mol. The summed E-state index contributed by atoms with van der Waals surface area (Å²) in [5, 5.41) is 23.4. The molecule has 0 heterocycles. The first-order valence-corrected chi connectivity index (χ1v) is 12.4. The van der Waals surface area contributed by atoms with E-state index in [9.17, 15) is 10.5 Å². The van der Waals surface area contributed by atoms with E-state index in [1.165, 1.54) is 15.9 Å². The Kier molecular flexibility index (Phi) is 6.57. The quantitative estimate of drug-likeness (QED) is 0.301. The highest BCUT2D eigenvalue weighted by Crippen LogP contribution is 2.58. The van der Waals surface area contributed by atoms with E-state index < -0.39 is 7.26 Å². The Morgan fingerprint density at radius 2 is 0.875 bits per heavy atom. The van der Waals surface area contributed by atoms with Crippen molar-refractivity contribution in [3.63, 3.8) is 0 Å². The lowest BCUT2D eigenvalue weighted by Crippen LogP contribution is -2.34. The van der Waals surface area contributed by atoms with E-state index in [-0.39, 0.29) is 5.57 Å². The van der Waals surface area contributed by atoms with Crippen LogP contribution < -0.4 is 15.9 Å². The first-order chi connectivity index (χ1) is 15.8. The van der Waals surface area contributed by atoms with Gasteiger partial charge in [-0.15, -0.1) is 0 Å². The number of hydrogen-bond acceptors (Lipinski definition) is 2. The van der Waals surface area contributed by atoms with Crippen LogP contribution in [0.5, 0.6) is 0 Å². The van der Waals surface area contributed by atoms with E-state index in [2.05, 4.69) is 84.9 Å². The van der Waals surface area contributed by atoms with Crippen LogP contribution >= 0.6 is 7.26 Å². The molecule has 0 spiro atoms. The molecular weight excluding hydrogens is 407 g/mol. The fraction of sp³-hybridized carbons (Fsp3) is 0.0345. The fourth-order valence-electron chi connectivity index (χ4n) is 4.12. The molecule has 3 heteroatoms. The van der Waals surface area contributed by atoms with Crippen molar-refractivity contribution in [3.8, 4) is 12.1 Å². The van der Waals surface area contributed by atoms with Gasteiger partial charge in [-0.25, -0.2) is 0 Å². The lowest BCUT2D eigenvalue weighted by atomic mass is 10.0. The normalized spacial score (nSPS) is 10.6. The third-order valence-corrected chi connectivity index (χ3v) is 9.96. The van der Waals surface area contributed by atoms with Gasteiger partial charge in [-0.3, -0.25) is 0 Å². The zero-order valence-corrected chi connectivity index (χ0v) is 18.5. The third-order valence-electron chi connectivity index (χ3n) is 5.63. The van der Waals surface area contributed by atoms with Crippen LogP contribution in [0.4, 0.5) is 0 Å². The maximum absolute atomic E-state index is 9.85. The number of nitrogens with zero attached hydrogens (tertiary/aromatic N) is 2. The van der Waals surface area contributed by atoms with Crippen molar-refractivity contribution in [1.29, 1.82) is 10.5 Å². The molecule has 2 nitrogen and oxygen atoms in total. The van der Waals surface area contributed by atoms with Crippen LogP contribution in [0, 0.1) is 22.7 Å². The minimum absolute atomic E-state index is 0.170. The summed E-state index contributed by atoms with van der Waals surface area (Å²) in [7, 11) is -2.22. The van der Waals surface area contributed by atoms with Crippen LogP contribution in [-0.4, -0.2) is 6.16 Å². The van der Waals surface area contributed by atoms with Gasteiger partial charge in [0.15, 0.2) is 0 Å². The molecule has 4 aromatic carbocycles. The molecule has 152 valence electrons. The number of allylic oxidation sites excluding steroid dienone is 2. The van der Waals surface area contributed by atoms with Crippen LogP contribution in [-0.2, 0) is 0 Å². The van der Waals surface area contributed by atoms with Crippen molar-refractivity contribution in [1.82, 2.24) is 0 Å². The van der Waals surface area contributed by atoms with Gasteiger partial charge >= 0.3 is 0 Å². The zero-order chi connectivity index (χ0) is 22.2. The molecule has 0 saturated heterocycles. The molecular formula is C29H22N2P+. The van der Waals surface area contributed by atoms with E-state index in [1.807, 2.05) is 48.5 Å². The number of benzene rings is 4. The Bertz CT molecular complexity index is 1170. The van der Waals surface area contributed by atoms with E-state index in [4.69, 9.17) is 0 Å². The van der Waals surface area contributed by atoms with E-state index >= 15 is 0 Å². The van der Waals surface area contributed by atoms with Crippen molar-refractivity contribution in [3.05, 3.63) is 132 Å². The van der Waals surface area contributed by atoms with Crippen molar-refractivity contribution in [2.75, 3.05) is 6.16 Å². The number of rotatable bonds is 6. The van der Waals surface area contributed by atoms with E-state index in [0.717, 1.165) is 11.1 Å². The second kappa shape index (κ2) is 9.89. The molecule has 0 fully saturated rings. The largest absolute Gasteiger partial charge is 0.192 e. The first kappa shape index (κ1) is 21.3. The summed E-state index contributed by atoms with van der Waals surface area (Å²) in [5.41, 5.74) is 1.88. The third kappa shape index (κ3) is 4.10. The van der Waals surface area contributed by atoms with Crippen LogP contribution in [0.15, 0.2) is 127 Å². The number of nitriles is 2. The smallest absolute Gasteiger partial charge is 0.137 e. The summed E-state index contributed by atoms with van der Waals surface area (Å²) >= 11 is 0. The first-order valence-electron chi connectivity index (χ1n) is 10.4. The average molecular weight is 429 g/mol. The SMILES string of the molecule is N#CC(C#N)=C(C[P+](c1ccccc1)(c1ccccc1)c1ccccc1)c1ccccc1. The molecule has 0 bridgehead atoms. The van der Waals surface area contributed by atoms with Crippen molar-refractivity contribution < 1.29 is 0 Å². The molecule has 0 aliphatic carbocycles. The maximum Gasteiger partial charge on any atom is 0.137 e. The highest BCUT2D eigenvalue weighted by molar-refractivity contribution is 7.96. The van der Waals surface area contributed by atoms with E-state index in [0.29, 0.717) is 6.16 Å². The average Bonchev–Trinajstić information content (AvgIpc) is 2.89. The van der Waals surface area contributed by atoms with Crippen molar-refractivity contribution >= 4 is 28.7 Å². The molecule has 0 N–H and O–H groups in total. The van der Waals surface area contributed by atoms with Gasteiger partial charge in [0.1, 0.15) is 47.0 Å². The van der Waals surface area contributed by atoms with Gasteiger partial charge in [-0.05, 0) is 42.0 Å². The van der Waals surface area contributed by atoms with Gasteiger partial charge in [0.25, 0.3) is 0 Å². The minimum atomic E-state index is -2.22. The molecule has 0 aliphatic rings. The summed E-state index contributed by atoms with van der Waals surface area (Å²) in [4.78, 5) is 0. The summed E-state index contributed by atoms with van der Waals surface area (Å²) < 4.78 is 0. The summed E-state index contributed by atoms with van der Waals surface area (Å²) in [5.74, 6) is 0.